The zero-order valence-corrected chi connectivity index (χ0v) is 7.10. The molecule has 72 valence electrons. The van der Waals surface area contributed by atoms with Crippen molar-refractivity contribution in [3.63, 3.8) is 0 Å². The van der Waals surface area contributed by atoms with Crippen LogP contribution in [0.5, 0.6) is 5.75 Å². The van der Waals surface area contributed by atoms with Gasteiger partial charge in [0.1, 0.15) is 5.75 Å². The molecule has 0 saturated heterocycles. The Hall–Kier alpha value is -2.04. The Morgan fingerprint density at radius 2 is 2.29 bits per heavy atom. The van der Waals surface area contributed by atoms with E-state index in [-0.39, 0.29) is 12.2 Å². The van der Waals surface area contributed by atoms with Crippen LogP contribution in [0.3, 0.4) is 0 Å². The van der Waals surface area contributed by atoms with Crippen LogP contribution in [0.1, 0.15) is 5.56 Å². The number of benzene rings is 1. The van der Waals surface area contributed by atoms with Crippen molar-refractivity contribution in [1.82, 2.24) is 4.98 Å². The van der Waals surface area contributed by atoms with Crippen LogP contribution in [-0.4, -0.2) is 21.2 Å². The average molecular weight is 193 g/mol. The highest BCUT2D eigenvalue weighted by atomic mass is 16.4. The number of oxazole rings is 1. The number of hydrogen-bond donors (Lipinski definition) is 2. The summed E-state index contributed by atoms with van der Waals surface area (Å²) in [5.74, 6) is -1.12. The van der Waals surface area contributed by atoms with Crippen molar-refractivity contribution < 1.29 is 19.4 Å². The van der Waals surface area contributed by atoms with Crippen molar-refractivity contribution in [2.45, 2.75) is 6.42 Å². The van der Waals surface area contributed by atoms with Crippen molar-refractivity contribution in [3.05, 3.63) is 24.1 Å². The lowest BCUT2D eigenvalue weighted by Crippen LogP contribution is -2.00. The maximum Gasteiger partial charge on any atom is 0.307 e. The SMILES string of the molecule is O=C(O)Cc1ccc2ocnc2c1O. The van der Waals surface area contributed by atoms with E-state index in [4.69, 9.17) is 9.52 Å². The summed E-state index contributed by atoms with van der Waals surface area (Å²) in [5, 5.41) is 18.2. The van der Waals surface area contributed by atoms with Gasteiger partial charge in [0.05, 0.1) is 6.42 Å². The molecule has 0 amide bonds. The van der Waals surface area contributed by atoms with Gasteiger partial charge in [0.25, 0.3) is 0 Å². The largest absolute Gasteiger partial charge is 0.505 e. The summed E-state index contributed by atoms with van der Waals surface area (Å²) in [5.41, 5.74) is 1.07. The quantitative estimate of drug-likeness (QED) is 0.747. The number of carbonyl (C=O) groups is 1. The third-order valence-corrected chi connectivity index (χ3v) is 1.90. The first-order chi connectivity index (χ1) is 6.68. The first-order valence-corrected chi connectivity index (χ1v) is 3.94. The summed E-state index contributed by atoms with van der Waals surface area (Å²) in [6.45, 7) is 0. The molecule has 0 bridgehead atoms. The second kappa shape index (κ2) is 3.02. The van der Waals surface area contributed by atoms with Crippen molar-refractivity contribution in [2.24, 2.45) is 0 Å². The molecule has 0 unspecified atom stereocenters. The minimum atomic E-state index is -0.997. The molecule has 2 aromatic rings. The van der Waals surface area contributed by atoms with Gasteiger partial charge < -0.3 is 14.6 Å². The standard InChI is InChI=1S/C9H7NO4/c11-7(12)3-5-1-2-6-8(9(5)13)10-4-14-6/h1-2,4,13H,3H2,(H,11,12). The number of aliphatic carboxylic acids is 1. The summed E-state index contributed by atoms with van der Waals surface area (Å²) >= 11 is 0. The number of rotatable bonds is 2. The van der Waals surface area contributed by atoms with Crippen molar-refractivity contribution in [1.29, 1.82) is 0 Å². The Balaban J connectivity index is 2.56. The topological polar surface area (TPSA) is 83.6 Å². The van der Waals surface area contributed by atoms with Crippen LogP contribution < -0.4 is 0 Å². The number of carboxylic acids is 1. The monoisotopic (exact) mass is 193 g/mol. The highest BCUT2D eigenvalue weighted by Gasteiger charge is 2.11. The van der Waals surface area contributed by atoms with E-state index in [0.717, 1.165) is 0 Å². The van der Waals surface area contributed by atoms with Crippen LogP contribution in [0.4, 0.5) is 0 Å². The first kappa shape index (κ1) is 8.55. The van der Waals surface area contributed by atoms with E-state index in [1.807, 2.05) is 0 Å². The number of fused-ring (bicyclic) bond motifs is 1. The Labute approximate surface area is 78.6 Å². The Kier molecular flexibility index (Phi) is 1.85. The van der Waals surface area contributed by atoms with Gasteiger partial charge in [0.2, 0.25) is 0 Å². The molecule has 0 saturated carbocycles. The Morgan fingerprint density at radius 3 is 3.00 bits per heavy atom. The van der Waals surface area contributed by atoms with Gasteiger partial charge in [-0.3, -0.25) is 4.79 Å². The van der Waals surface area contributed by atoms with Crippen LogP contribution in [-0.2, 0) is 11.2 Å². The van der Waals surface area contributed by atoms with Gasteiger partial charge in [0.15, 0.2) is 17.5 Å². The van der Waals surface area contributed by atoms with Crippen LogP contribution in [0.2, 0.25) is 0 Å². The molecule has 5 heteroatoms. The van der Waals surface area contributed by atoms with Gasteiger partial charge in [-0.05, 0) is 6.07 Å². The Morgan fingerprint density at radius 1 is 1.50 bits per heavy atom. The number of aromatic nitrogens is 1. The average Bonchev–Trinajstić information content (AvgIpc) is 2.57. The maximum atomic E-state index is 10.4. The third kappa shape index (κ3) is 1.28. The van der Waals surface area contributed by atoms with Gasteiger partial charge in [-0.1, -0.05) is 6.07 Å². The maximum absolute atomic E-state index is 10.4. The molecule has 0 aliphatic heterocycles. The van der Waals surface area contributed by atoms with Gasteiger partial charge in [-0.25, -0.2) is 4.98 Å². The molecule has 0 aliphatic carbocycles. The Bertz CT molecular complexity index is 489. The fraction of sp³-hybridized carbons (Fsp3) is 0.111. The van der Waals surface area contributed by atoms with Crippen LogP contribution >= 0.6 is 0 Å². The molecule has 2 N–H and O–H groups in total. The van der Waals surface area contributed by atoms with E-state index in [1.54, 1.807) is 6.07 Å². The number of hydrogen-bond acceptors (Lipinski definition) is 4. The van der Waals surface area contributed by atoms with Crippen LogP contribution in [0.15, 0.2) is 22.9 Å². The van der Waals surface area contributed by atoms with Crippen molar-refractivity contribution in [2.75, 3.05) is 0 Å². The van der Waals surface area contributed by atoms with E-state index in [2.05, 4.69) is 4.98 Å². The number of aromatic hydroxyl groups is 1. The van der Waals surface area contributed by atoms with Gasteiger partial charge >= 0.3 is 5.97 Å². The van der Waals surface area contributed by atoms with E-state index in [1.165, 1.54) is 12.5 Å². The molecule has 0 spiro atoms. The van der Waals surface area contributed by atoms with E-state index >= 15 is 0 Å². The van der Waals surface area contributed by atoms with Crippen molar-refractivity contribution in [3.8, 4) is 5.75 Å². The highest BCUT2D eigenvalue weighted by Crippen LogP contribution is 2.27. The molecule has 0 aliphatic rings. The van der Waals surface area contributed by atoms with Gasteiger partial charge in [-0.15, -0.1) is 0 Å². The summed E-state index contributed by atoms with van der Waals surface area (Å²) < 4.78 is 4.94. The van der Waals surface area contributed by atoms with E-state index in [0.29, 0.717) is 16.7 Å². The predicted molar refractivity (Wildman–Crippen MR) is 47.0 cm³/mol. The minimum absolute atomic E-state index is 0.126. The van der Waals surface area contributed by atoms with E-state index < -0.39 is 5.97 Å². The first-order valence-electron chi connectivity index (χ1n) is 3.94. The molecule has 1 aromatic heterocycles. The number of carboxylic acid groups (broad SMARTS) is 1. The molecule has 5 nitrogen and oxygen atoms in total. The second-order valence-corrected chi connectivity index (χ2v) is 2.84. The fourth-order valence-corrected chi connectivity index (χ4v) is 1.26. The molecule has 1 heterocycles. The summed E-state index contributed by atoms with van der Waals surface area (Å²) in [6.07, 6.45) is 0.976. The highest BCUT2D eigenvalue weighted by molar-refractivity contribution is 5.83. The lowest BCUT2D eigenvalue weighted by molar-refractivity contribution is -0.136. The van der Waals surface area contributed by atoms with Crippen LogP contribution in [0.25, 0.3) is 11.1 Å². The normalized spacial score (nSPS) is 10.6. The summed E-state index contributed by atoms with van der Waals surface area (Å²) in [7, 11) is 0. The van der Waals surface area contributed by atoms with Crippen LogP contribution in [0, 0.1) is 0 Å². The number of nitrogens with zero attached hydrogens (tertiary/aromatic N) is 1. The summed E-state index contributed by atoms with van der Waals surface area (Å²) in [4.78, 5) is 14.2. The zero-order valence-electron chi connectivity index (χ0n) is 7.10. The smallest absolute Gasteiger partial charge is 0.307 e. The third-order valence-electron chi connectivity index (χ3n) is 1.90. The van der Waals surface area contributed by atoms with Gasteiger partial charge in [-0.2, -0.15) is 0 Å². The number of phenolic OH excluding ortho intramolecular Hbond substituents is 1. The fourth-order valence-electron chi connectivity index (χ4n) is 1.26. The predicted octanol–water partition coefficient (Wildman–Crippen LogP) is 1.16. The second-order valence-electron chi connectivity index (χ2n) is 2.84. The summed E-state index contributed by atoms with van der Waals surface area (Å²) in [6, 6.07) is 3.09. The lowest BCUT2D eigenvalue weighted by atomic mass is 10.1. The van der Waals surface area contributed by atoms with E-state index in [9.17, 15) is 9.90 Å². The molecule has 0 fully saturated rings. The molecular formula is C9H7NO4. The van der Waals surface area contributed by atoms with Crippen molar-refractivity contribution >= 4 is 17.1 Å². The zero-order chi connectivity index (χ0) is 10.1. The number of phenols is 1. The molecule has 14 heavy (non-hydrogen) atoms. The molecule has 2 rings (SSSR count). The minimum Gasteiger partial charge on any atom is -0.505 e. The lowest BCUT2D eigenvalue weighted by Gasteiger charge is -2.00. The molecule has 1 aromatic carbocycles. The molecular weight excluding hydrogens is 186 g/mol. The molecule has 0 atom stereocenters. The molecule has 0 radical (unpaired) electrons. The van der Waals surface area contributed by atoms with Gasteiger partial charge in [0, 0.05) is 5.56 Å².